The summed E-state index contributed by atoms with van der Waals surface area (Å²) in [5, 5.41) is 0. The number of ether oxygens (including phenoxy) is 1. The van der Waals surface area contributed by atoms with Gasteiger partial charge in [-0.2, -0.15) is 0 Å². The zero-order valence-corrected chi connectivity index (χ0v) is 9.65. The lowest BCUT2D eigenvalue weighted by molar-refractivity contribution is 0.417. The first-order valence-corrected chi connectivity index (χ1v) is 5.12. The van der Waals surface area contributed by atoms with Crippen molar-refractivity contribution in [2.45, 2.75) is 6.92 Å². The van der Waals surface area contributed by atoms with Gasteiger partial charge in [0, 0.05) is 17.3 Å². The van der Waals surface area contributed by atoms with Crippen molar-refractivity contribution in [3.63, 3.8) is 0 Å². The molecule has 2 rings (SSSR count). The van der Waals surface area contributed by atoms with E-state index in [1.165, 1.54) is 6.07 Å². The molecule has 0 spiro atoms. The molecule has 0 fully saturated rings. The van der Waals surface area contributed by atoms with Gasteiger partial charge in [0.15, 0.2) is 0 Å². The predicted molar refractivity (Wildman–Crippen MR) is 66.0 cm³/mol. The molecule has 0 saturated carbocycles. The van der Waals surface area contributed by atoms with Crippen molar-refractivity contribution < 1.29 is 4.74 Å². The summed E-state index contributed by atoms with van der Waals surface area (Å²) in [4.78, 5) is 18.3. The summed E-state index contributed by atoms with van der Waals surface area (Å²) in [7, 11) is 1.55. The van der Waals surface area contributed by atoms with Crippen LogP contribution in [0.15, 0.2) is 29.1 Å². The average molecular weight is 231 g/mol. The molecule has 3 N–H and O–H groups in total. The minimum Gasteiger partial charge on any atom is -0.495 e. The van der Waals surface area contributed by atoms with Crippen LogP contribution in [0.2, 0.25) is 0 Å². The Morgan fingerprint density at radius 1 is 1.35 bits per heavy atom. The highest BCUT2D eigenvalue weighted by Gasteiger charge is 2.05. The number of aromatic amines is 1. The Balaban J connectivity index is 2.53. The fourth-order valence-corrected chi connectivity index (χ4v) is 1.60. The van der Waals surface area contributed by atoms with Crippen molar-refractivity contribution in [2.75, 3.05) is 12.8 Å². The van der Waals surface area contributed by atoms with Crippen molar-refractivity contribution >= 4 is 5.69 Å². The summed E-state index contributed by atoms with van der Waals surface area (Å²) >= 11 is 0. The molecule has 0 aliphatic heterocycles. The Hall–Kier alpha value is -2.30. The molecule has 1 aromatic carbocycles. The molecule has 0 aliphatic rings. The third-order valence-corrected chi connectivity index (χ3v) is 2.37. The van der Waals surface area contributed by atoms with Crippen LogP contribution in [0, 0.1) is 6.92 Å². The van der Waals surface area contributed by atoms with E-state index < -0.39 is 0 Å². The Labute approximate surface area is 98.3 Å². The molecular weight excluding hydrogens is 218 g/mol. The van der Waals surface area contributed by atoms with Gasteiger partial charge in [0.05, 0.1) is 12.8 Å². The van der Waals surface area contributed by atoms with E-state index in [-0.39, 0.29) is 5.56 Å². The Morgan fingerprint density at radius 3 is 2.71 bits per heavy atom. The number of hydrogen-bond donors (Lipinski definition) is 2. The van der Waals surface area contributed by atoms with Crippen molar-refractivity contribution in [1.82, 2.24) is 9.97 Å². The van der Waals surface area contributed by atoms with E-state index in [0.29, 0.717) is 23.0 Å². The molecule has 0 amide bonds. The smallest absolute Gasteiger partial charge is 0.251 e. The molecular formula is C12H13N3O2. The van der Waals surface area contributed by atoms with Gasteiger partial charge in [-0.3, -0.25) is 4.79 Å². The lowest BCUT2D eigenvalue weighted by Crippen LogP contribution is -2.08. The molecule has 5 heteroatoms. The third kappa shape index (κ3) is 2.28. The number of nitrogen functional groups attached to an aromatic ring is 1. The highest BCUT2D eigenvalue weighted by molar-refractivity contribution is 5.66. The van der Waals surface area contributed by atoms with E-state index in [0.717, 1.165) is 5.56 Å². The second-order valence-electron chi connectivity index (χ2n) is 3.69. The maximum absolute atomic E-state index is 11.3. The van der Waals surface area contributed by atoms with Crippen molar-refractivity contribution in [1.29, 1.82) is 0 Å². The monoisotopic (exact) mass is 231 g/mol. The molecule has 0 aliphatic carbocycles. The lowest BCUT2D eigenvalue weighted by atomic mass is 10.1. The molecule has 0 bridgehead atoms. The van der Waals surface area contributed by atoms with E-state index in [1.54, 1.807) is 32.2 Å². The van der Waals surface area contributed by atoms with E-state index in [2.05, 4.69) is 9.97 Å². The van der Waals surface area contributed by atoms with Gasteiger partial charge in [-0.05, 0) is 25.1 Å². The SMILES string of the molecule is COc1ccc(-c2nc(C)cc(=O)[nH]2)cc1N. The highest BCUT2D eigenvalue weighted by Crippen LogP contribution is 2.25. The molecule has 0 atom stereocenters. The zero-order chi connectivity index (χ0) is 12.4. The number of nitrogens with zero attached hydrogens (tertiary/aromatic N) is 1. The fourth-order valence-electron chi connectivity index (χ4n) is 1.60. The molecule has 1 heterocycles. The Kier molecular flexibility index (Phi) is 2.82. The average Bonchev–Trinajstić information content (AvgIpc) is 2.27. The number of benzene rings is 1. The largest absolute Gasteiger partial charge is 0.495 e. The maximum atomic E-state index is 11.3. The van der Waals surface area contributed by atoms with E-state index in [4.69, 9.17) is 10.5 Å². The van der Waals surface area contributed by atoms with Crippen LogP contribution >= 0.6 is 0 Å². The summed E-state index contributed by atoms with van der Waals surface area (Å²) in [5.74, 6) is 1.10. The summed E-state index contributed by atoms with van der Waals surface area (Å²) in [6.45, 7) is 1.77. The predicted octanol–water partition coefficient (Wildman–Crippen LogP) is 1.34. The second kappa shape index (κ2) is 4.29. The van der Waals surface area contributed by atoms with Crippen LogP contribution in [0.4, 0.5) is 5.69 Å². The first kappa shape index (κ1) is 11.2. The maximum Gasteiger partial charge on any atom is 0.251 e. The van der Waals surface area contributed by atoms with Gasteiger partial charge in [-0.15, -0.1) is 0 Å². The molecule has 0 saturated heterocycles. The topological polar surface area (TPSA) is 81.0 Å². The van der Waals surface area contributed by atoms with Crippen molar-refractivity contribution in [3.8, 4) is 17.1 Å². The van der Waals surface area contributed by atoms with Gasteiger partial charge in [-0.25, -0.2) is 4.98 Å². The van der Waals surface area contributed by atoms with Crippen LogP contribution in [-0.2, 0) is 0 Å². The molecule has 17 heavy (non-hydrogen) atoms. The summed E-state index contributed by atoms with van der Waals surface area (Å²) in [6.07, 6.45) is 0. The minimum atomic E-state index is -0.179. The normalized spacial score (nSPS) is 10.2. The van der Waals surface area contributed by atoms with Crippen LogP contribution in [-0.4, -0.2) is 17.1 Å². The number of hydrogen-bond acceptors (Lipinski definition) is 4. The summed E-state index contributed by atoms with van der Waals surface area (Å²) in [6, 6.07) is 6.70. The molecule has 0 radical (unpaired) electrons. The fraction of sp³-hybridized carbons (Fsp3) is 0.167. The van der Waals surface area contributed by atoms with Crippen molar-refractivity contribution in [3.05, 3.63) is 40.3 Å². The van der Waals surface area contributed by atoms with Gasteiger partial charge in [-0.1, -0.05) is 0 Å². The minimum absolute atomic E-state index is 0.179. The van der Waals surface area contributed by atoms with Crippen LogP contribution in [0.3, 0.4) is 0 Å². The summed E-state index contributed by atoms with van der Waals surface area (Å²) < 4.78 is 5.07. The molecule has 88 valence electrons. The molecule has 5 nitrogen and oxygen atoms in total. The van der Waals surface area contributed by atoms with Crippen molar-refractivity contribution in [2.24, 2.45) is 0 Å². The number of H-pyrrole nitrogens is 1. The van der Waals surface area contributed by atoms with Gasteiger partial charge >= 0.3 is 0 Å². The van der Waals surface area contributed by atoms with Gasteiger partial charge < -0.3 is 15.5 Å². The van der Waals surface area contributed by atoms with Gasteiger partial charge in [0.1, 0.15) is 11.6 Å². The Bertz CT molecular complexity index is 605. The third-order valence-electron chi connectivity index (χ3n) is 2.37. The number of nitrogens with two attached hydrogens (primary N) is 1. The second-order valence-corrected chi connectivity index (χ2v) is 3.69. The van der Waals surface area contributed by atoms with Crippen LogP contribution in [0.25, 0.3) is 11.4 Å². The zero-order valence-electron chi connectivity index (χ0n) is 9.65. The van der Waals surface area contributed by atoms with Crippen LogP contribution in [0.1, 0.15) is 5.69 Å². The number of anilines is 1. The first-order valence-electron chi connectivity index (χ1n) is 5.12. The number of nitrogens with one attached hydrogen (secondary N) is 1. The Morgan fingerprint density at radius 2 is 2.12 bits per heavy atom. The standard InChI is InChI=1S/C12H13N3O2/c1-7-5-11(16)15-12(14-7)8-3-4-10(17-2)9(13)6-8/h3-6H,13H2,1-2H3,(H,14,15,16). The van der Waals surface area contributed by atoms with Crippen LogP contribution < -0.4 is 16.0 Å². The number of aromatic nitrogens is 2. The van der Waals surface area contributed by atoms with Crippen LogP contribution in [0.5, 0.6) is 5.75 Å². The molecule has 0 unspecified atom stereocenters. The van der Waals surface area contributed by atoms with Gasteiger partial charge in [0.2, 0.25) is 0 Å². The first-order chi connectivity index (χ1) is 8.10. The van der Waals surface area contributed by atoms with E-state index >= 15 is 0 Å². The van der Waals surface area contributed by atoms with E-state index in [1.807, 2.05) is 0 Å². The quantitative estimate of drug-likeness (QED) is 0.764. The summed E-state index contributed by atoms with van der Waals surface area (Å²) in [5.41, 5.74) is 7.55. The number of aryl methyl sites for hydroxylation is 1. The van der Waals surface area contributed by atoms with Gasteiger partial charge in [0.25, 0.3) is 5.56 Å². The molecule has 1 aromatic heterocycles. The van der Waals surface area contributed by atoms with E-state index in [9.17, 15) is 4.79 Å². The molecule has 2 aromatic rings. The number of rotatable bonds is 2. The number of methoxy groups -OCH3 is 1. The lowest BCUT2D eigenvalue weighted by Gasteiger charge is -2.07. The highest BCUT2D eigenvalue weighted by atomic mass is 16.5.